The average Bonchev–Trinajstić information content (AvgIpc) is 2.99. The van der Waals surface area contributed by atoms with Crippen LogP contribution in [0.2, 0.25) is 0 Å². The van der Waals surface area contributed by atoms with Crippen molar-refractivity contribution in [2.24, 2.45) is 7.05 Å². The molecule has 96 valence electrons. The Morgan fingerprint density at radius 2 is 2.39 bits per heavy atom. The molecule has 5 heteroatoms. The number of rotatable bonds is 2. The maximum Gasteiger partial charge on any atom is 0.108 e. The van der Waals surface area contributed by atoms with Crippen LogP contribution in [-0.2, 0) is 7.05 Å². The monoisotopic (exact) mass is 308 g/mol. The van der Waals surface area contributed by atoms with Gasteiger partial charge in [0.1, 0.15) is 5.69 Å². The molecule has 0 bridgehead atoms. The first-order valence-electron chi connectivity index (χ1n) is 6.33. The van der Waals surface area contributed by atoms with Crippen LogP contribution in [0.5, 0.6) is 0 Å². The summed E-state index contributed by atoms with van der Waals surface area (Å²) in [5.74, 6) is 0.554. The minimum atomic E-state index is 0.554. The van der Waals surface area contributed by atoms with Crippen molar-refractivity contribution < 1.29 is 0 Å². The Morgan fingerprint density at radius 1 is 1.50 bits per heavy atom. The zero-order valence-corrected chi connectivity index (χ0v) is 12.0. The number of nitrogens with one attached hydrogen (secondary N) is 2. The second-order valence-corrected chi connectivity index (χ2v) is 5.61. The Kier molecular flexibility index (Phi) is 3.26. The SMILES string of the molecule is Cn1nc(-c2cc[nH]c2)c(Br)c1C1CCCNC1. The second-order valence-electron chi connectivity index (χ2n) is 4.81. The first-order valence-corrected chi connectivity index (χ1v) is 7.13. The Balaban J connectivity index is 2.00. The number of aryl methyl sites for hydroxylation is 1. The van der Waals surface area contributed by atoms with Gasteiger partial charge >= 0.3 is 0 Å². The maximum atomic E-state index is 4.65. The highest BCUT2D eigenvalue weighted by Gasteiger charge is 2.24. The van der Waals surface area contributed by atoms with Gasteiger partial charge in [0.15, 0.2) is 0 Å². The van der Waals surface area contributed by atoms with Gasteiger partial charge in [-0.2, -0.15) is 5.10 Å². The third-order valence-electron chi connectivity index (χ3n) is 3.59. The van der Waals surface area contributed by atoms with Gasteiger partial charge in [0.05, 0.1) is 10.2 Å². The molecule has 18 heavy (non-hydrogen) atoms. The number of piperidine rings is 1. The molecule has 0 aliphatic carbocycles. The standard InChI is InChI=1S/C13H17BrN4/c1-18-13(10-3-2-5-15-8-10)11(14)12(17-18)9-4-6-16-7-9/h4,6-7,10,15-16H,2-3,5,8H2,1H3. The number of H-pyrrole nitrogens is 1. The molecule has 0 aromatic carbocycles. The third kappa shape index (κ3) is 2.01. The molecule has 0 amide bonds. The lowest BCUT2D eigenvalue weighted by molar-refractivity contribution is 0.440. The quantitative estimate of drug-likeness (QED) is 0.896. The van der Waals surface area contributed by atoms with Crippen LogP contribution in [0.25, 0.3) is 11.3 Å². The van der Waals surface area contributed by atoms with E-state index in [0.717, 1.165) is 28.8 Å². The number of aromatic nitrogens is 3. The molecule has 4 nitrogen and oxygen atoms in total. The predicted molar refractivity (Wildman–Crippen MR) is 75.5 cm³/mol. The highest BCUT2D eigenvalue weighted by Crippen LogP contribution is 2.36. The van der Waals surface area contributed by atoms with Gasteiger partial charge in [0, 0.05) is 37.5 Å². The zero-order valence-electron chi connectivity index (χ0n) is 10.4. The predicted octanol–water partition coefficient (Wildman–Crippen LogP) is 2.64. The molecule has 2 N–H and O–H groups in total. The number of hydrogen-bond donors (Lipinski definition) is 2. The average molecular weight is 309 g/mol. The summed E-state index contributed by atoms with van der Waals surface area (Å²) < 4.78 is 3.16. The summed E-state index contributed by atoms with van der Waals surface area (Å²) in [6.07, 6.45) is 6.38. The van der Waals surface area contributed by atoms with Gasteiger partial charge in [-0.25, -0.2) is 0 Å². The van der Waals surface area contributed by atoms with E-state index in [0.29, 0.717) is 5.92 Å². The Bertz CT molecular complexity index is 523. The molecule has 0 radical (unpaired) electrons. The van der Waals surface area contributed by atoms with E-state index < -0.39 is 0 Å². The molecule has 1 atom stereocenters. The smallest absolute Gasteiger partial charge is 0.108 e. The van der Waals surface area contributed by atoms with Crippen molar-refractivity contribution in [1.29, 1.82) is 0 Å². The number of hydrogen-bond acceptors (Lipinski definition) is 2. The van der Waals surface area contributed by atoms with Crippen molar-refractivity contribution >= 4 is 15.9 Å². The summed E-state index contributed by atoms with van der Waals surface area (Å²) in [5, 5.41) is 8.11. The molecule has 3 heterocycles. The first-order chi connectivity index (χ1) is 8.77. The molecule has 1 aliphatic heterocycles. The molecule has 1 unspecified atom stereocenters. The van der Waals surface area contributed by atoms with Gasteiger partial charge in [-0.1, -0.05) is 0 Å². The summed E-state index contributed by atoms with van der Waals surface area (Å²) in [6.45, 7) is 2.18. The Morgan fingerprint density at radius 3 is 3.06 bits per heavy atom. The molecule has 0 spiro atoms. The zero-order chi connectivity index (χ0) is 12.5. The largest absolute Gasteiger partial charge is 0.367 e. The van der Waals surface area contributed by atoms with Crippen LogP contribution in [0.1, 0.15) is 24.5 Å². The van der Waals surface area contributed by atoms with E-state index in [4.69, 9.17) is 0 Å². The lowest BCUT2D eigenvalue weighted by Crippen LogP contribution is -2.29. The van der Waals surface area contributed by atoms with Gasteiger partial charge in [-0.3, -0.25) is 4.68 Å². The van der Waals surface area contributed by atoms with E-state index in [1.165, 1.54) is 18.5 Å². The van der Waals surface area contributed by atoms with Crippen LogP contribution in [-0.4, -0.2) is 27.9 Å². The molecule has 3 rings (SSSR count). The molecule has 1 aliphatic rings. The van der Waals surface area contributed by atoms with E-state index in [9.17, 15) is 0 Å². The van der Waals surface area contributed by atoms with Crippen molar-refractivity contribution in [3.05, 3.63) is 28.6 Å². The van der Waals surface area contributed by atoms with E-state index in [1.807, 2.05) is 24.1 Å². The van der Waals surface area contributed by atoms with E-state index in [1.54, 1.807) is 0 Å². The first kappa shape index (κ1) is 12.0. The van der Waals surface area contributed by atoms with E-state index in [-0.39, 0.29) is 0 Å². The highest BCUT2D eigenvalue weighted by molar-refractivity contribution is 9.10. The molecule has 1 saturated heterocycles. The van der Waals surface area contributed by atoms with Crippen molar-refractivity contribution in [1.82, 2.24) is 20.1 Å². The van der Waals surface area contributed by atoms with Gasteiger partial charge < -0.3 is 10.3 Å². The van der Waals surface area contributed by atoms with Gasteiger partial charge in [0.25, 0.3) is 0 Å². The molecular weight excluding hydrogens is 292 g/mol. The molecule has 0 saturated carbocycles. The molecule has 1 fully saturated rings. The summed E-state index contributed by atoms with van der Waals surface area (Å²) in [6, 6.07) is 2.05. The van der Waals surface area contributed by atoms with E-state index in [2.05, 4.69) is 37.4 Å². The van der Waals surface area contributed by atoms with Crippen molar-refractivity contribution in [2.45, 2.75) is 18.8 Å². The Labute approximate surface area is 115 Å². The van der Waals surface area contributed by atoms with Crippen LogP contribution in [0, 0.1) is 0 Å². The summed E-state index contributed by atoms with van der Waals surface area (Å²) in [5.41, 5.74) is 3.46. The fourth-order valence-electron chi connectivity index (χ4n) is 2.70. The lowest BCUT2D eigenvalue weighted by atomic mass is 9.95. The summed E-state index contributed by atoms with van der Waals surface area (Å²) in [4.78, 5) is 3.08. The lowest BCUT2D eigenvalue weighted by Gasteiger charge is -2.23. The van der Waals surface area contributed by atoms with Gasteiger partial charge in [-0.15, -0.1) is 0 Å². The summed E-state index contributed by atoms with van der Waals surface area (Å²) >= 11 is 3.73. The Hall–Kier alpha value is -1.07. The molecule has 2 aromatic heterocycles. The topological polar surface area (TPSA) is 45.6 Å². The fraction of sp³-hybridized carbons (Fsp3) is 0.462. The second kappa shape index (κ2) is 4.90. The number of halogens is 1. The van der Waals surface area contributed by atoms with Crippen molar-refractivity contribution in [2.75, 3.05) is 13.1 Å². The summed E-state index contributed by atoms with van der Waals surface area (Å²) in [7, 11) is 2.03. The van der Waals surface area contributed by atoms with E-state index >= 15 is 0 Å². The van der Waals surface area contributed by atoms with Crippen LogP contribution >= 0.6 is 15.9 Å². The fourth-order valence-corrected chi connectivity index (χ4v) is 3.58. The minimum absolute atomic E-state index is 0.554. The van der Waals surface area contributed by atoms with Gasteiger partial charge in [0.2, 0.25) is 0 Å². The third-order valence-corrected chi connectivity index (χ3v) is 4.37. The van der Waals surface area contributed by atoms with Crippen LogP contribution in [0.15, 0.2) is 22.9 Å². The number of nitrogens with zero attached hydrogens (tertiary/aromatic N) is 2. The number of aromatic amines is 1. The van der Waals surface area contributed by atoms with Crippen molar-refractivity contribution in [3.63, 3.8) is 0 Å². The van der Waals surface area contributed by atoms with Crippen LogP contribution in [0.3, 0.4) is 0 Å². The van der Waals surface area contributed by atoms with Crippen LogP contribution in [0.4, 0.5) is 0 Å². The maximum absolute atomic E-state index is 4.65. The highest BCUT2D eigenvalue weighted by atomic mass is 79.9. The molecular formula is C13H17BrN4. The normalized spacial score (nSPS) is 20.2. The van der Waals surface area contributed by atoms with Gasteiger partial charge in [-0.05, 0) is 41.4 Å². The van der Waals surface area contributed by atoms with Crippen molar-refractivity contribution in [3.8, 4) is 11.3 Å². The minimum Gasteiger partial charge on any atom is -0.367 e. The molecule has 2 aromatic rings. The van der Waals surface area contributed by atoms with Crippen LogP contribution < -0.4 is 5.32 Å².